The molecule has 0 aromatic carbocycles. The molecule has 1 rings (SSSR count). The van der Waals surface area contributed by atoms with Crippen LogP contribution in [0.4, 0.5) is 0 Å². The molecule has 0 saturated heterocycles. The molecule has 0 aliphatic heterocycles. The molecule has 4 nitrogen and oxygen atoms in total. The standard InChI is InChI=1S/C8H16N2O2S2/c1-6(7-3-4-7)10(2)14(11,12)5-8(9)13/h6-7H,3-5H2,1-2H3,(H2,9,13). The normalized spacial score (nSPS) is 19.6. The molecule has 2 N–H and O–H groups in total. The van der Waals surface area contributed by atoms with E-state index in [0.717, 1.165) is 12.8 Å². The maximum Gasteiger partial charge on any atom is 0.220 e. The zero-order valence-electron chi connectivity index (χ0n) is 8.43. The highest BCUT2D eigenvalue weighted by atomic mass is 32.2. The van der Waals surface area contributed by atoms with Gasteiger partial charge in [-0.1, -0.05) is 12.2 Å². The Morgan fingerprint density at radius 2 is 2.14 bits per heavy atom. The van der Waals surface area contributed by atoms with E-state index in [1.54, 1.807) is 7.05 Å². The molecule has 0 radical (unpaired) electrons. The highest BCUT2D eigenvalue weighted by Crippen LogP contribution is 2.35. The first-order chi connectivity index (χ1) is 6.34. The second-order valence-electron chi connectivity index (χ2n) is 3.82. The topological polar surface area (TPSA) is 63.4 Å². The van der Waals surface area contributed by atoms with E-state index >= 15 is 0 Å². The van der Waals surface area contributed by atoms with Gasteiger partial charge in [0.2, 0.25) is 10.0 Å². The molecule has 0 aromatic rings. The Kier molecular flexibility index (Phi) is 3.49. The number of thiocarbonyl (C=S) groups is 1. The highest BCUT2D eigenvalue weighted by molar-refractivity contribution is 7.92. The lowest BCUT2D eigenvalue weighted by molar-refractivity contribution is 0.358. The molecule has 14 heavy (non-hydrogen) atoms. The third kappa shape index (κ3) is 2.90. The molecule has 1 saturated carbocycles. The van der Waals surface area contributed by atoms with Gasteiger partial charge in [0.05, 0.1) is 4.99 Å². The van der Waals surface area contributed by atoms with Crippen molar-refractivity contribution in [3.8, 4) is 0 Å². The van der Waals surface area contributed by atoms with E-state index in [4.69, 9.17) is 5.73 Å². The van der Waals surface area contributed by atoms with Gasteiger partial charge in [0, 0.05) is 13.1 Å². The minimum absolute atomic E-state index is 0.0276. The number of nitrogens with two attached hydrogens (primary N) is 1. The van der Waals surface area contributed by atoms with E-state index in [1.807, 2.05) is 6.92 Å². The fourth-order valence-electron chi connectivity index (χ4n) is 1.41. The van der Waals surface area contributed by atoms with Gasteiger partial charge < -0.3 is 5.73 Å². The fourth-order valence-corrected chi connectivity index (χ4v) is 3.10. The van der Waals surface area contributed by atoms with Crippen LogP contribution in [0.15, 0.2) is 0 Å². The zero-order valence-corrected chi connectivity index (χ0v) is 10.1. The van der Waals surface area contributed by atoms with Gasteiger partial charge in [0.25, 0.3) is 0 Å². The summed E-state index contributed by atoms with van der Waals surface area (Å²) in [6, 6.07) is 0.0642. The van der Waals surface area contributed by atoms with Crippen LogP contribution in [0.3, 0.4) is 0 Å². The predicted octanol–water partition coefficient (Wildman–Crippen LogP) is 0.333. The Labute approximate surface area is 90.5 Å². The number of hydrogen-bond acceptors (Lipinski definition) is 3. The van der Waals surface area contributed by atoms with Crippen molar-refractivity contribution in [2.24, 2.45) is 11.7 Å². The average molecular weight is 236 g/mol. The SMILES string of the molecule is CC(C1CC1)N(C)S(=O)(=O)CC(N)=S. The quantitative estimate of drug-likeness (QED) is 0.699. The monoisotopic (exact) mass is 236 g/mol. The van der Waals surface area contributed by atoms with Crippen molar-refractivity contribution >= 4 is 27.2 Å². The zero-order chi connectivity index (χ0) is 10.9. The largest absolute Gasteiger partial charge is 0.392 e. The van der Waals surface area contributed by atoms with Gasteiger partial charge in [0.15, 0.2) is 0 Å². The smallest absolute Gasteiger partial charge is 0.220 e. The first-order valence-electron chi connectivity index (χ1n) is 4.58. The molecule has 1 atom stereocenters. The van der Waals surface area contributed by atoms with E-state index in [9.17, 15) is 8.42 Å². The van der Waals surface area contributed by atoms with Crippen LogP contribution < -0.4 is 5.73 Å². The molecule has 0 heterocycles. The minimum Gasteiger partial charge on any atom is -0.392 e. The number of rotatable bonds is 5. The van der Waals surface area contributed by atoms with E-state index in [1.165, 1.54) is 4.31 Å². The summed E-state index contributed by atoms with van der Waals surface area (Å²) in [5.41, 5.74) is 5.23. The molecule has 1 fully saturated rings. The second-order valence-corrected chi connectivity index (χ2v) is 6.37. The van der Waals surface area contributed by atoms with Crippen LogP contribution in [0.1, 0.15) is 19.8 Å². The number of nitrogens with zero attached hydrogens (tertiary/aromatic N) is 1. The Balaban J connectivity index is 2.65. The first kappa shape index (κ1) is 11.9. The number of sulfonamides is 1. The summed E-state index contributed by atoms with van der Waals surface area (Å²) in [7, 11) is -1.70. The lowest BCUT2D eigenvalue weighted by atomic mass is 10.2. The van der Waals surface area contributed by atoms with Crippen LogP contribution in [-0.4, -0.2) is 36.6 Å². The molecular formula is C8H16N2O2S2. The van der Waals surface area contributed by atoms with Crippen LogP contribution in [0.2, 0.25) is 0 Å². The van der Waals surface area contributed by atoms with Gasteiger partial charge in [0.1, 0.15) is 5.75 Å². The van der Waals surface area contributed by atoms with Crippen molar-refractivity contribution in [3.63, 3.8) is 0 Å². The van der Waals surface area contributed by atoms with Gasteiger partial charge in [-0.05, 0) is 25.7 Å². The summed E-state index contributed by atoms with van der Waals surface area (Å²) in [6.45, 7) is 1.93. The molecule has 0 amide bonds. The third-order valence-corrected chi connectivity index (χ3v) is 4.85. The van der Waals surface area contributed by atoms with Gasteiger partial charge >= 0.3 is 0 Å². The Morgan fingerprint density at radius 1 is 1.64 bits per heavy atom. The maximum absolute atomic E-state index is 11.7. The molecule has 6 heteroatoms. The van der Waals surface area contributed by atoms with Gasteiger partial charge in [-0.25, -0.2) is 12.7 Å². The van der Waals surface area contributed by atoms with E-state index in [0.29, 0.717) is 5.92 Å². The highest BCUT2D eigenvalue weighted by Gasteiger charge is 2.35. The fraction of sp³-hybridized carbons (Fsp3) is 0.875. The Bertz CT molecular complexity index is 322. The van der Waals surface area contributed by atoms with Crippen molar-refractivity contribution in [2.45, 2.75) is 25.8 Å². The Hall–Kier alpha value is -0.200. The summed E-state index contributed by atoms with van der Waals surface area (Å²) >= 11 is 4.60. The summed E-state index contributed by atoms with van der Waals surface area (Å²) < 4.78 is 24.7. The Morgan fingerprint density at radius 3 is 2.50 bits per heavy atom. The second kappa shape index (κ2) is 4.12. The average Bonchev–Trinajstić information content (AvgIpc) is 2.81. The molecule has 1 aliphatic rings. The van der Waals surface area contributed by atoms with Crippen LogP contribution in [0, 0.1) is 5.92 Å². The van der Waals surface area contributed by atoms with Gasteiger partial charge in [-0.3, -0.25) is 0 Å². The number of hydrogen-bond donors (Lipinski definition) is 1. The van der Waals surface area contributed by atoms with E-state index < -0.39 is 10.0 Å². The van der Waals surface area contributed by atoms with Crippen LogP contribution >= 0.6 is 12.2 Å². The van der Waals surface area contributed by atoms with Crippen molar-refractivity contribution in [3.05, 3.63) is 0 Å². The van der Waals surface area contributed by atoms with Crippen LogP contribution in [0.5, 0.6) is 0 Å². The minimum atomic E-state index is -3.30. The predicted molar refractivity (Wildman–Crippen MR) is 60.5 cm³/mol. The summed E-state index contributed by atoms with van der Waals surface area (Å²) in [4.78, 5) is 0.0276. The summed E-state index contributed by atoms with van der Waals surface area (Å²) in [5.74, 6) is 0.289. The third-order valence-electron chi connectivity index (χ3n) is 2.64. The van der Waals surface area contributed by atoms with Gasteiger partial charge in [-0.15, -0.1) is 0 Å². The molecule has 1 aliphatic carbocycles. The maximum atomic E-state index is 11.7. The van der Waals surface area contributed by atoms with Crippen molar-refractivity contribution in [1.82, 2.24) is 4.31 Å². The molecular weight excluding hydrogens is 220 g/mol. The van der Waals surface area contributed by atoms with Crippen molar-refractivity contribution < 1.29 is 8.42 Å². The van der Waals surface area contributed by atoms with Crippen molar-refractivity contribution in [2.75, 3.05) is 12.8 Å². The lowest BCUT2D eigenvalue weighted by Crippen LogP contribution is -2.40. The molecule has 1 unspecified atom stereocenters. The first-order valence-corrected chi connectivity index (χ1v) is 6.60. The summed E-state index contributed by atoms with van der Waals surface area (Å²) in [5, 5.41) is 0. The molecule has 0 bridgehead atoms. The van der Waals surface area contributed by atoms with Gasteiger partial charge in [-0.2, -0.15) is 0 Å². The molecule has 82 valence electrons. The molecule has 0 spiro atoms. The van der Waals surface area contributed by atoms with E-state index in [2.05, 4.69) is 12.2 Å². The van der Waals surface area contributed by atoms with Crippen molar-refractivity contribution in [1.29, 1.82) is 0 Å². The van der Waals surface area contributed by atoms with E-state index in [-0.39, 0.29) is 16.8 Å². The summed E-state index contributed by atoms with van der Waals surface area (Å²) in [6.07, 6.45) is 2.24. The van der Waals surface area contributed by atoms with Crippen LogP contribution in [0.25, 0.3) is 0 Å². The lowest BCUT2D eigenvalue weighted by Gasteiger charge is -2.23. The molecule has 0 aromatic heterocycles. The van der Waals surface area contributed by atoms with Crippen LogP contribution in [-0.2, 0) is 10.0 Å².